The van der Waals surface area contributed by atoms with Gasteiger partial charge in [0.25, 0.3) is 0 Å². The highest BCUT2D eigenvalue weighted by Crippen LogP contribution is 2.39. The molecule has 0 amide bonds. The molecule has 1 saturated heterocycles. The molecule has 2 nitrogen and oxygen atoms in total. The van der Waals surface area contributed by atoms with E-state index in [1.165, 1.54) is 0 Å². The fraction of sp³-hybridized carbons (Fsp3) is 0.667. The summed E-state index contributed by atoms with van der Waals surface area (Å²) < 4.78 is 5.62. The van der Waals surface area contributed by atoms with Crippen molar-refractivity contribution >= 4 is 17.4 Å². The van der Waals surface area contributed by atoms with Gasteiger partial charge in [-0.15, -0.1) is 11.6 Å². The van der Waals surface area contributed by atoms with Gasteiger partial charge in [0, 0.05) is 5.92 Å². The SMILES string of the molecule is C[C@@H]1C(=O)[C@H](Cl)[C@@H]2C=CC1(C)O2. The van der Waals surface area contributed by atoms with E-state index in [0.717, 1.165) is 0 Å². The smallest absolute Gasteiger partial charge is 0.159 e. The van der Waals surface area contributed by atoms with E-state index in [1.807, 2.05) is 26.0 Å². The third-order valence-corrected chi connectivity index (χ3v) is 3.32. The summed E-state index contributed by atoms with van der Waals surface area (Å²) in [6.45, 7) is 3.79. The van der Waals surface area contributed by atoms with E-state index in [1.54, 1.807) is 0 Å². The maximum atomic E-state index is 11.5. The molecule has 0 radical (unpaired) electrons. The Morgan fingerprint density at radius 1 is 1.67 bits per heavy atom. The fourth-order valence-corrected chi connectivity index (χ4v) is 2.07. The minimum Gasteiger partial charge on any atom is -0.361 e. The van der Waals surface area contributed by atoms with Gasteiger partial charge in [-0.3, -0.25) is 4.79 Å². The van der Waals surface area contributed by atoms with Gasteiger partial charge in [-0.2, -0.15) is 0 Å². The molecule has 2 rings (SSSR count). The Hall–Kier alpha value is -0.340. The van der Waals surface area contributed by atoms with E-state index in [-0.39, 0.29) is 17.8 Å². The number of carbonyl (C=O) groups is 1. The molecule has 0 saturated carbocycles. The van der Waals surface area contributed by atoms with Crippen molar-refractivity contribution < 1.29 is 9.53 Å². The lowest BCUT2D eigenvalue weighted by Gasteiger charge is -2.37. The highest BCUT2D eigenvalue weighted by atomic mass is 35.5. The normalized spacial score (nSPS) is 51.6. The minimum absolute atomic E-state index is 0.0976. The molecule has 1 fully saturated rings. The number of hydrogen-bond donors (Lipinski definition) is 0. The quantitative estimate of drug-likeness (QED) is 0.424. The Bertz CT molecular complexity index is 261. The van der Waals surface area contributed by atoms with E-state index >= 15 is 0 Å². The summed E-state index contributed by atoms with van der Waals surface area (Å²) in [6, 6.07) is 0. The van der Waals surface area contributed by atoms with Crippen LogP contribution >= 0.6 is 11.6 Å². The van der Waals surface area contributed by atoms with Crippen LogP contribution in [0.2, 0.25) is 0 Å². The van der Waals surface area contributed by atoms with Crippen LogP contribution in [0.15, 0.2) is 12.2 Å². The first kappa shape index (κ1) is 8.27. The van der Waals surface area contributed by atoms with E-state index in [9.17, 15) is 4.79 Å². The molecule has 3 heteroatoms. The molecule has 2 heterocycles. The molecule has 0 aliphatic carbocycles. The van der Waals surface area contributed by atoms with Gasteiger partial charge in [-0.25, -0.2) is 0 Å². The zero-order valence-electron chi connectivity index (χ0n) is 7.08. The number of carbonyl (C=O) groups excluding carboxylic acids is 1. The number of Topliss-reactive ketones (excluding diaryl/α,β-unsaturated/α-hetero) is 1. The highest BCUT2D eigenvalue weighted by Gasteiger charge is 2.50. The van der Waals surface area contributed by atoms with Crippen LogP contribution in [0.5, 0.6) is 0 Å². The van der Waals surface area contributed by atoms with Crippen molar-refractivity contribution in [3.8, 4) is 0 Å². The van der Waals surface area contributed by atoms with E-state index < -0.39 is 11.0 Å². The highest BCUT2D eigenvalue weighted by molar-refractivity contribution is 6.32. The second kappa shape index (κ2) is 2.33. The largest absolute Gasteiger partial charge is 0.361 e. The minimum atomic E-state index is -0.494. The summed E-state index contributed by atoms with van der Waals surface area (Å²) in [5.74, 6) is -0.0320. The van der Waals surface area contributed by atoms with Crippen molar-refractivity contribution in [1.29, 1.82) is 0 Å². The number of hydrogen-bond acceptors (Lipinski definition) is 2. The average Bonchev–Trinajstić information content (AvgIpc) is 2.41. The van der Waals surface area contributed by atoms with Gasteiger partial charge in [-0.1, -0.05) is 19.1 Å². The second-order valence-corrected chi connectivity index (χ2v) is 4.12. The molecule has 0 aromatic heterocycles. The first-order chi connectivity index (χ1) is 5.54. The molecule has 2 bridgehead atoms. The number of ketones is 1. The van der Waals surface area contributed by atoms with Crippen LogP contribution in [-0.2, 0) is 9.53 Å². The van der Waals surface area contributed by atoms with Crippen LogP contribution < -0.4 is 0 Å². The lowest BCUT2D eigenvalue weighted by atomic mass is 9.85. The van der Waals surface area contributed by atoms with Gasteiger partial charge >= 0.3 is 0 Å². The van der Waals surface area contributed by atoms with Gasteiger partial charge in [0.2, 0.25) is 0 Å². The van der Waals surface area contributed by atoms with Crippen molar-refractivity contribution in [2.75, 3.05) is 0 Å². The maximum Gasteiger partial charge on any atom is 0.159 e. The number of rotatable bonds is 0. The summed E-state index contributed by atoms with van der Waals surface area (Å²) in [6.07, 6.45) is 3.63. The Morgan fingerprint density at radius 3 is 3.00 bits per heavy atom. The van der Waals surface area contributed by atoms with Crippen LogP contribution in [0, 0.1) is 5.92 Å². The molecule has 0 N–H and O–H groups in total. The molecule has 2 aliphatic heterocycles. The van der Waals surface area contributed by atoms with E-state index in [4.69, 9.17) is 16.3 Å². The fourth-order valence-electron chi connectivity index (χ4n) is 1.74. The third kappa shape index (κ3) is 0.882. The number of fused-ring (bicyclic) bond motifs is 2. The molecular weight excluding hydrogens is 176 g/mol. The molecule has 0 aromatic rings. The third-order valence-electron chi connectivity index (χ3n) is 2.85. The predicted molar refractivity (Wildman–Crippen MR) is 46.2 cm³/mol. The van der Waals surface area contributed by atoms with Crippen LogP contribution in [0.25, 0.3) is 0 Å². The summed E-state index contributed by atoms with van der Waals surface area (Å²) >= 11 is 5.89. The molecule has 0 spiro atoms. The first-order valence-corrected chi connectivity index (χ1v) is 4.53. The zero-order chi connectivity index (χ0) is 8.93. The number of ether oxygens (including phenoxy) is 1. The maximum absolute atomic E-state index is 11.5. The van der Waals surface area contributed by atoms with Crippen LogP contribution in [0.1, 0.15) is 13.8 Å². The van der Waals surface area contributed by atoms with Crippen LogP contribution in [-0.4, -0.2) is 22.9 Å². The van der Waals surface area contributed by atoms with Gasteiger partial charge in [-0.05, 0) is 6.92 Å². The summed E-state index contributed by atoms with van der Waals surface area (Å²) in [5, 5.41) is -0.494. The zero-order valence-corrected chi connectivity index (χ0v) is 7.84. The van der Waals surface area contributed by atoms with Crippen molar-refractivity contribution in [3.63, 3.8) is 0 Å². The number of halogens is 1. The van der Waals surface area contributed by atoms with Gasteiger partial charge in [0.1, 0.15) is 11.5 Å². The average molecular weight is 187 g/mol. The van der Waals surface area contributed by atoms with Crippen LogP contribution in [0.3, 0.4) is 0 Å². The summed E-state index contributed by atoms with van der Waals surface area (Å²) in [5.41, 5.74) is -0.410. The topological polar surface area (TPSA) is 26.3 Å². The van der Waals surface area contributed by atoms with E-state index in [0.29, 0.717) is 0 Å². The van der Waals surface area contributed by atoms with Crippen molar-refractivity contribution in [2.24, 2.45) is 5.92 Å². The second-order valence-electron chi connectivity index (χ2n) is 3.65. The summed E-state index contributed by atoms with van der Waals surface area (Å²) in [4.78, 5) is 11.5. The Kier molecular flexibility index (Phi) is 1.61. The molecular formula is C9H11ClO2. The Morgan fingerprint density at radius 2 is 2.33 bits per heavy atom. The van der Waals surface area contributed by atoms with Crippen molar-refractivity contribution in [1.82, 2.24) is 0 Å². The monoisotopic (exact) mass is 186 g/mol. The molecule has 66 valence electrons. The van der Waals surface area contributed by atoms with Crippen LogP contribution in [0.4, 0.5) is 0 Å². The molecule has 1 unspecified atom stereocenters. The first-order valence-electron chi connectivity index (χ1n) is 4.09. The Balaban J connectivity index is 2.38. The molecule has 2 aliphatic rings. The molecule has 12 heavy (non-hydrogen) atoms. The lowest BCUT2D eigenvalue weighted by molar-refractivity contribution is -0.144. The summed E-state index contributed by atoms with van der Waals surface area (Å²) in [7, 11) is 0. The molecule has 0 aromatic carbocycles. The molecule has 4 atom stereocenters. The van der Waals surface area contributed by atoms with Gasteiger partial charge < -0.3 is 4.74 Å². The lowest BCUT2D eigenvalue weighted by Crippen LogP contribution is -2.49. The van der Waals surface area contributed by atoms with E-state index in [2.05, 4.69) is 0 Å². The van der Waals surface area contributed by atoms with Crippen molar-refractivity contribution in [3.05, 3.63) is 12.2 Å². The van der Waals surface area contributed by atoms with Crippen molar-refractivity contribution in [2.45, 2.75) is 30.9 Å². The van der Waals surface area contributed by atoms with Gasteiger partial charge in [0.05, 0.1) is 5.60 Å². The Labute approximate surface area is 76.5 Å². The number of alkyl halides is 1. The standard InChI is InChI=1S/C9H11ClO2/c1-5-8(11)7(10)6-3-4-9(5,2)12-6/h3-7H,1-2H3/t5-,6+,7-,9?/m1/s1. The predicted octanol–water partition coefficient (Wildman–Crippen LogP) is 1.53. The van der Waals surface area contributed by atoms with Gasteiger partial charge in [0.15, 0.2) is 5.78 Å².